The molecule has 0 radical (unpaired) electrons. The maximum absolute atomic E-state index is 13.7. The van der Waals surface area contributed by atoms with Gasteiger partial charge in [-0.1, -0.05) is 5.16 Å². The second kappa shape index (κ2) is 7.80. The van der Waals surface area contributed by atoms with Crippen LogP contribution in [0, 0.1) is 12.8 Å². The number of fused-ring (bicyclic) bond motifs is 1. The number of carbonyl (C=O) groups excluding carboxylic acids is 2. The molecule has 10 heteroatoms. The first-order valence-electron chi connectivity index (χ1n) is 10.5. The maximum Gasteiger partial charge on any atom is 0.417 e. The number of hydrogen-bond acceptors (Lipinski definition) is 5. The second-order valence-electron chi connectivity index (χ2n) is 8.70. The zero-order chi connectivity index (χ0) is 22.5. The molecule has 0 bridgehead atoms. The summed E-state index contributed by atoms with van der Waals surface area (Å²) in [6.07, 6.45) is -3.12. The Balaban J connectivity index is 1.57. The number of pyridine rings is 1. The molecule has 0 aromatic carbocycles. The number of alkyl halides is 3. The normalized spacial score (nSPS) is 22.7. The molecule has 0 aliphatic carbocycles. The predicted octanol–water partition coefficient (Wildman–Crippen LogP) is 3.51. The second-order valence-corrected chi connectivity index (χ2v) is 8.70. The summed E-state index contributed by atoms with van der Waals surface area (Å²) in [5.41, 5.74) is -0.564. The lowest BCUT2D eigenvalue weighted by molar-refractivity contribution is -0.137. The van der Waals surface area contributed by atoms with Gasteiger partial charge in [0.2, 0.25) is 11.8 Å². The van der Waals surface area contributed by atoms with Crippen LogP contribution in [0.25, 0.3) is 11.1 Å². The van der Waals surface area contributed by atoms with E-state index in [2.05, 4.69) is 10.1 Å². The number of aryl methyl sites for hydroxylation is 1. The van der Waals surface area contributed by atoms with Crippen molar-refractivity contribution in [2.24, 2.45) is 5.92 Å². The molecule has 168 valence electrons. The van der Waals surface area contributed by atoms with E-state index in [1.807, 2.05) is 13.8 Å². The molecule has 0 unspecified atom stereocenters. The fraction of sp³-hybridized carbons (Fsp3) is 0.619. The zero-order valence-corrected chi connectivity index (χ0v) is 17.7. The summed E-state index contributed by atoms with van der Waals surface area (Å²) in [7, 11) is 0. The smallest absolute Gasteiger partial charge is 0.342 e. The van der Waals surface area contributed by atoms with Gasteiger partial charge in [0.05, 0.1) is 28.3 Å². The van der Waals surface area contributed by atoms with Gasteiger partial charge in [-0.15, -0.1) is 0 Å². The molecule has 2 amide bonds. The average molecular weight is 438 g/mol. The van der Waals surface area contributed by atoms with Crippen molar-refractivity contribution in [1.29, 1.82) is 0 Å². The average Bonchev–Trinajstić information content (AvgIpc) is 3.29. The van der Waals surface area contributed by atoms with Gasteiger partial charge in [0, 0.05) is 38.0 Å². The van der Waals surface area contributed by atoms with Crippen LogP contribution in [0.1, 0.15) is 56.0 Å². The van der Waals surface area contributed by atoms with Gasteiger partial charge in [-0.05, 0) is 39.7 Å². The molecule has 7 nitrogen and oxygen atoms in total. The third-order valence-electron chi connectivity index (χ3n) is 6.22. The van der Waals surface area contributed by atoms with E-state index in [0.717, 1.165) is 6.07 Å². The van der Waals surface area contributed by atoms with Crippen molar-refractivity contribution in [1.82, 2.24) is 19.9 Å². The fourth-order valence-electron chi connectivity index (χ4n) is 4.62. The molecule has 2 aliphatic rings. The molecule has 0 N–H and O–H groups in total. The lowest BCUT2D eigenvalue weighted by atomic mass is 9.91. The van der Waals surface area contributed by atoms with Gasteiger partial charge in [-0.3, -0.25) is 9.59 Å². The summed E-state index contributed by atoms with van der Waals surface area (Å²) in [4.78, 5) is 32.9. The van der Waals surface area contributed by atoms with Crippen LogP contribution in [0.15, 0.2) is 10.6 Å². The van der Waals surface area contributed by atoms with Gasteiger partial charge in [-0.2, -0.15) is 13.2 Å². The third kappa shape index (κ3) is 3.99. The van der Waals surface area contributed by atoms with E-state index in [4.69, 9.17) is 4.52 Å². The first-order chi connectivity index (χ1) is 14.6. The monoisotopic (exact) mass is 438 g/mol. The Morgan fingerprint density at radius 3 is 2.68 bits per heavy atom. The van der Waals surface area contributed by atoms with E-state index in [9.17, 15) is 22.8 Å². The van der Waals surface area contributed by atoms with Crippen molar-refractivity contribution in [3.63, 3.8) is 0 Å². The number of piperidine rings is 1. The molecular weight excluding hydrogens is 413 g/mol. The summed E-state index contributed by atoms with van der Waals surface area (Å²) >= 11 is 0. The van der Waals surface area contributed by atoms with Crippen LogP contribution in [0.5, 0.6) is 0 Å². The molecule has 2 aromatic rings. The molecule has 0 spiro atoms. The largest absolute Gasteiger partial charge is 0.417 e. The van der Waals surface area contributed by atoms with Crippen LogP contribution in [0.2, 0.25) is 0 Å². The fourth-order valence-corrected chi connectivity index (χ4v) is 4.62. The SMILES string of the molecule is Cc1noc2nc([C@@H]3CCCN(C(=O)[C@H]4CC(=O)N(C(C)C)C4)C3)cc(C(F)(F)F)c12. The van der Waals surface area contributed by atoms with Crippen molar-refractivity contribution < 1.29 is 27.3 Å². The van der Waals surface area contributed by atoms with Gasteiger partial charge in [0.25, 0.3) is 5.71 Å². The highest BCUT2D eigenvalue weighted by atomic mass is 19.4. The Bertz CT molecular complexity index is 1020. The molecule has 31 heavy (non-hydrogen) atoms. The molecule has 2 aliphatic heterocycles. The molecule has 0 saturated carbocycles. The molecule has 4 heterocycles. The Morgan fingerprint density at radius 2 is 2.03 bits per heavy atom. The van der Waals surface area contributed by atoms with Crippen LogP contribution in [0.4, 0.5) is 13.2 Å². The first kappa shape index (κ1) is 21.6. The number of nitrogens with zero attached hydrogens (tertiary/aromatic N) is 4. The van der Waals surface area contributed by atoms with Crippen molar-refractivity contribution in [3.05, 3.63) is 23.0 Å². The van der Waals surface area contributed by atoms with Crippen molar-refractivity contribution >= 4 is 22.9 Å². The van der Waals surface area contributed by atoms with Crippen molar-refractivity contribution in [2.75, 3.05) is 19.6 Å². The molecule has 2 atom stereocenters. The quantitative estimate of drug-likeness (QED) is 0.733. The lowest BCUT2D eigenvalue weighted by Gasteiger charge is -2.34. The summed E-state index contributed by atoms with van der Waals surface area (Å²) in [6.45, 7) is 6.45. The molecule has 2 fully saturated rings. The van der Waals surface area contributed by atoms with Gasteiger partial charge in [0.1, 0.15) is 0 Å². The van der Waals surface area contributed by atoms with E-state index < -0.39 is 17.7 Å². The van der Waals surface area contributed by atoms with Gasteiger partial charge < -0.3 is 14.3 Å². The highest BCUT2D eigenvalue weighted by Gasteiger charge is 2.40. The number of likely N-dealkylation sites (tertiary alicyclic amines) is 2. The number of amides is 2. The van der Waals surface area contributed by atoms with E-state index in [1.54, 1.807) is 9.80 Å². The Labute approximate surface area is 177 Å². The summed E-state index contributed by atoms with van der Waals surface area (Å²) in [6, 6.07) is 1.09. The number of aromatic nitrogens is 2. The highest BCUT2D eigenvalue weighted by molar-refractivity contribution is 5.89. The van der Waals surface area contributed by atoms with E-state index in [0.29, 0.717) is 25.9 Å². The topological polar surface area (TPSA) is 79.5 Å². The van der Waals surface area contributed by atoms with Gasteiger partial charge >= 0.3 is 6.18 Å². The minimum atomic E-state index is -4.57. The zero-order valence-electron chi connectivity index (χ0n) is 17.7. The van der Waals surface area contributed by atoms with Crippen molar-refractivity contribution in [2.45, 2.75) is 58.2 Å². The van der Waals surface area contributed by atoms with Crippen LogP contribution in [-0.4, -0.2) is 57.4 Å². The van der Waals surface area contributed by atoms with Gasteiger partial charge in [-0.25, -0.2) is 4.98 Å². The Morgan fingerprint density at radius 1 is 1.29 bits per heavy atom. The first-order valence-corrected chi connectivity index (χ1v) is 10.5. The Hall–Kier alpha value is -2.65. The van der Waals surface area contributed by atoms with Crippen LogP contribution < -0.4 is 0 Å². The predicted molar refractivity (Wildman–Crippen MR) is 105 cm³/mol. The third-order valence-corrected chi connectivity index (χ3v) is 6.22. The lowest BCUT2D eigenvalue weighted by Crippen LogP contribution is -2.43. The summed E-state index contributed by atoms with van der Waals surface area (Å²) in [5, 5.41) is 3.51. The molecular formula is C21H25F3N4O3. The summed E-state index contributed by atoms with van der Waals surface area (Å²) in [5.74, 6) is -0.906. The van der Waals surface area contributed by atoms with E-state index in [1.165, 1.54) is 6.92 Å². The number of rotatable bonds is 3. The maximum atomic E-state index is 13.7. The van der Waals surface area contributed by atoms with E-state index in [-0.39, 0.29) is 59.2 Å². The summed E-state index contributed by atoms with van der Waals surface area (Å²) < 4.78 is 46.0. The van der Waals surface area contributed by atoms with E-state index >= 15 is 0 Å². The van der Waals surface area contributed by atoms with Crippen LogP contribution in [0.3, 0.4) is 0 Å². The standard InChI is InChI=1S/C21H25F3N4O3/c1-11(2)28-10-14(7-17(28)29)20(30)27-6-4-5-13(9-27)16-8-15(21(22,23)24)18-12(3)26-31-19(18)25-16/h8,11,13-14H,4-7,9-10H2,1-3H3/t13-,14+/m1/s1. The molecule has 2 saturated heterocycles. The number of carbonyl (C=O) groups is 2. The Kier molecular flexibility index (Phi) is 5.43. The van der Waals surface area contributed by atoms with Gasteiger partial charge in [0.15, 0.2) is 0 Å². The minimum Gasteiger partial charge on any atom is -0.342 e. The molecule has 4 rings (SSSR count). The van der Waals surface area contributed by atoms with Crippen LogP contribution >= 0.6 is 0 Å². The van der Waals surface area contributed by atoms with Crippen LogP contribution in [-0.2, 0) is 15.8 Å². The minimum absolute atomic E-state index is 0.0292. The number of hydrogen-bond donors (Lipinski definition) is 0. The highest BCUT2D eigenvalue weighted by Crippen LogP contribution is 2.38. The van der Waals surface area contributed by atoms with Crippen molar-refractivity contribution in [3.8, 4) is 0 Å². The number of halogens is 3. The molecule has 2 aromatic heterocycles.